The van der Waals surface area contributed by atoms with Crippen molar-refractivity contribution < 1.29 is 22.6 Å². The third kappa shape index (κ3) is 8.76. The molecule has 0 aromatic rings. The summed E-state index contributed by atoms with van der Waals surface area (Å²) in [5.41, 5.74) is 0. The molecular formula is C14H26F3NO2. The molecule has 1 heterocycles. The summed E-state index contributed by atoms with van der Waals surface area (Å²) in [5, 5.41) is 3.41. The van der Waals surface area contributed by atoms with E-state index in [1.54, 1.807) is 0 Å². The first kappa shape index (κ1) is 17.7. The number of rotatable bonds is 9. The average Bonchev–Trinajstić information content (AvgIpc) is 2.40. The van der Waals surface area contributed by atoms with Crippen LogP contribution in [0.25, 0.3) is 0 Å². The minimum absolute atomic E-state index is 0.157. The Kier molecular flexibility index (Phi) is 8.49. The molecule has 0 bridgehead atoms. The monoisotopic (exact) mass is 297 g/mol. The Balaban J connectivity index is 2.23. The van der Waals surface area contributed by atoms with Gasteiger partial charge in [0.15, 0.2) is 0 Å². The number of hydrogen-bond donors (Lipinski definition) is 1. The van der Waals surface area contributed by atoms with Gasteiger partial charge in [-0.05, 0) is 44.6 Å². The standard InChI is InChI=1S/C14H26F3NO2/c1-2-6-18-13(5-9-20-11-14(15,16)17)10-12-3-7-19-8-4-12/h12-13,18H,2-11H2,1H3. The van der Waals surface area contributed by atoms with E-state index < -0.39 is 12.8 Å². The van der Waals surface area contributed by atoms with Gasteiger partial charge in [0, 0.05) is 25.9 Å². The maximum Gasteiger partial charge on any atom is 0.411 e. The van der Waals surface area contributed by atoms with Crippen molar-refractivity contribution in [2.75, 3.05) is 33.0 Å². The highest BCUT2D eigenvalue weighted by Crippen LogP contribution is 2.21. The van der Waals surface area contributed by atoms with E-state index in [0.29, 0.717) is 12.3 Å². The maximum atomic E-state index is 12.0. The highest BCUT2D eigenvalue weighted by molar-refractivity contribution is 4.74. The molecule has 0 amide bonds. The first-order valence-electron chi connectivity index (χ1n) is 7.47. The summed E-state index contributed by atoms with van der Waals surface area (Å²) in [6.07, 6.45) is 0.522. The Hall–Kier alpha value is -0.330. The lowest BCUT2D eigenvalue weighted by atomic mass is 9.91. The zero-order chi connectivity index (χ0) is 14.8. The van der Waals surface area contributed by atoms with Crippen molar-refractivity contribution >= 4 is 0 Å². The van der Waals surface area contributed by atoms with Gasteiger partial charge in [-0.1, -0.05) is 6.92 Å². The van der Waals surface area contributed by atoms with Crippen molar-refractivity contribution in [3.63, 3.8) is 0 Å². The second-order valence-corrected chi connectivity index (χ2v) is 5.40. The summed E-state index contributed by atoms with van der Waals surface area (Å²) < 4.78 is 46.0. The van der Waals surface area contributed by atoms with Crippen molar-refractivity contribution in [2.24, 2.45) is 5.92 Å². The van der Waals surface area contributed by atoms with E-state index in [0.717, 1.165) is 45.4 Å². The lowest BCUT2D eigenvalue weighted by Crippen LogP contribution is -2.34. The summed E-state index contributed by atoms with van der Waals surface area (Å²) in [6.45, 7) is 3.59. The third-order valence-electron chi connectivity index (χ3n) is 3.52. The predicted octanol–water partition coefficient (Wildman–Crippen LogP) is 3.14. The fourth-order valence-electron chi connectivity index (χ4n) is 2.45. The van der Waals surface area contributed by atoms with Crippen molar-refractivity contribution in [3.05, 3.63) is 0 Å². The van der Waals surface area contributed by atoms with E-state index in [2.05, 4.69) is 12.2 Å². The van der Waals surface area contributed by atoms with E-state index in [1.165, 1.54) is 0 Å². The largest absolute Gasteiger partial charge is 0.411 e. The molecule has 1 unspecified atom stereocenters. The summed E-state index contributed by atoms with van der Waals surface area (Å²) in [6, 6.07) is 0.242. The molecule has 20 heavy (non-hydrogen) atoms. The van der Waals surface area contributed by atoms with Crippen LogP contribution in [-0.2, 0) is 9.47 Å². The van der Waals surface area contributed by atoms with Gasteiger partial charge in [0.25, 0.3) is 0 Å². The molecule has 1 aliphatic rings. The number of alkyl halides is 3. The molecule has 1 fully saturated rings. The van der Waals surface area contributed by atoms with Gasteiger partial charge < -0.3 is 14.8 Å². The minimum atomic E-state index is -4.23. The molecule has 6 heteroatoms. The van der Waals surface area contributed by atoms with Crippen molar-refractivity contribution in [3.8, 4) is 0 Å². The molecule has 1 aliphatic heterocycles. The van der Waals surface area contributed by atoms with E-state index in [4.69, 9.17) is 9.47 Å². The van der Waals surface area contributed by atoms with Crippen LogP contribution in [-0.4, -0.2) is 45.2 Å². The Labute approximate surface area is 119 Å². The molecule has 1 saturated heterocycles. The molecule has 1 rings (SSSR count). The van der Waals surface area contributed by atoms with Crippen LogP contribution in [0.2, 0.25) is 0 Å². The van der Waals surface area contributed by atoms with Gasteiger partial charge >= 0.3 is 6.18 Å². The molecule has 0 aromatic heterocycles. The van der Waals surface area contributed by atoms with Gasteiger partial charge in [-0.2, -0.15) is 13.2 Å². The third-order valence-corrected chi connectivity index (χ3v) is 3.52. The molecule has 0 radical (unpaired) electrons. The van der Waals surface area contributed by atoms with Crippen molar-refractivity contribution in [2.45, 2.75) is 51.2 Å². The number of nitrogens with one attached hydrogen (secondary N) is 1. The molecule has 1 atom stereocenters. The summed E-state index contributed by atoms with van der Waals surface area (Å²) in [7, 11) is 0. The van der Waals surface area contributed by atoms with Crippen molar-refractivity contribution in [1.29, 1.82) is 0 Å². The first-order chi connectivity index (χ1) is 9.51. The van der Waals surface area contributed by atoms with E-state index in [-0.39, 0.29) is 12.6 Å². The Morgan fingerprint density at radius 2 is 2.00 bits per heavy atom. The van der Waals surface area contributed by atoms with Crippen LogP contribution in [0.4, 0.5) is 13.2 Å². The summed E-state index contributed by atoms with van der Waals surface area (Å²) in [5.74, 6) is 0.612. The molecule has 1 N–H and O–H groups in total. The summed E-state index contributed by atoms with van der Waals surface area (Å²) in [4.78, 5) is 0. The highest BCUT2D eigenvalue weighted by atomic mass is 19.4. The zero-order valence-electron chi connectivity index (χ0n) is 12.2. The second-order valence-electron chi connectivity index (χ2n) is 5.40. The molecule has 0 aromatic carbocycles. The fraction of sp³-hybridized carbons (Fsp3) is 1.00. The van der Waals surface area contributed by atoms with E-state index >= 15 is 0 Å². The van der Waals surface area contributed by atoms with Gasteiger partial charge in [0.05, 0.1) is 0 Å². The van der Waals surface area contributed by atoms with Gasteiger partial charge in [-0.3, -0.25) is 0 Å². The Morgan fingerprint density at radius 3 is 2.60 bits per heavy atom. The van der Waals surface area contributed by atoms with Crippen LogP contribution < -0.4 is 5.32 Å². The summed E-state index contributed by atoms with van der Waals surface area (Å²) >= 11 is 0. The molecular weight excluding hydrogens is 271 g/mol. The number of halogens is 3. The topological polar surface area (TPSA) is 30.5 Å². The Bertz CT molecular complexity index is 243. The van der Waals surface area contributed by atoms with E-state index in [9.17, 15) is 13.2 Å². The second kappa shape index (κ2) is 9.58. The van der Waals surface area contributed by atoms with Crippen LogP contribution >= 0.6 is 0 Å². The van der Waals surface area contributed by atoms with Crippen LogP contribution in [0, 0.1) is 5.92 Å². The highest BCUT2D eigenvalue weighted by Gasteiger charge is 2.27. The van der Waals surface area contributed by atoms with E-state index in [1.807, 2.05) is 0 Å². The lowest BCUT2D eigenvalue weighted by molar-refractivity contribution is -0.174. The Morgan fingerprint density at radius 1 is 1.30 bits per heavy atom. The SMILES string of the molecule is CCCNC(CCOCC(F)(F)F)CC1CCOCC1. The van der Waals surface area contributed by atoms with Crippen molar-refractivity contribution in [1.82, 2.24) is 5.32 Å². The molecule has 3 nitrogen and oxygen atoms in total. The quantitative estimate of drug-likeness (QED) is 0.663. The van der Waals surface area contributed by atoms with Crippen LogP contribution in [0.1, 0.15) is 39.0 Å². The van der Waals surface area contributed by atoms with Crippen LogP contribution in [0.5, 0.6) is 0 Å². The first-order valence-corrected chi connectivity index (χ1v) is 7.47. The van der Waals surface area contributed by atoms with Gasteiger partial charge in [-0.15, -0.1) is 0 Å². The lowest BCUT2D eigenvalue weighted by Gasteiger charge is -2.27. The average molecular weight is 297 g/mol. The van der Waals surface area contributed by atoms with Gasteiger partial charge in [0.1, 0.15) is 6.61 Å². The van der Waals surface area contributed by atoms with Crippen LogP contribution in [0.15, 0.2) is 0 Å². The molecule has 0 spiro atoms. The van der Waals surface area contributed by atoms with Crippen LogP contribution in [0.3, 0.4) is 0 Å². The maximum absolute atomic E-state index is 12.0. The number of ether oxygens (including phenoxy) is 2. The predicted molar refractivity (Wildman–Crippen MR) is 71.7 cm³/mol. The fourth-order valence-corrected chi connectivity index (χ4v) is 2.45. The van der Waals surface area contributed by atoms with Gasteiger partial charge in [0.2, 0.25) is 0 Å². The minimum Gasteiger partial charge on any atom is -0.381 e. The van der Waals surface area contributed by atoms with Gasteiger partial charge in [-0.25, -0.2) is 0 Å². The molecule has 0 aliphatic carbocycles. The molecule has 120 valence electrons. The molecule has 0 saturated carbocycles. The zero-order valence-corrected chi connectivity index (χ0v) is 12.2. The normalized spacial score (nSPS) is 19.2. The number of hydrogen-bond acceptors (Lipinski definition) is 3. The smallest absolute Gasteiger partial charge is 0.381 e.